The zero-order chi connectivity index (χ0) is 24.9. The number of likely N-dealkylation sites (tertiary alicyclic amines) is 1. The van der Waals surface area contributed by atoms with Gasteiger partial charge in [0.15, 0.2) is 0 Å². The number of hydrogen-bond acceptors (Lipinski definition) is 5. The van der Waals surface area contributed by atoms with E-state index in [-0.39, 0.29) is 29.7 Å². The Morgan fingerprint density at radius 3 is 2.59 bits per heavy atom. The van der Waals surface area contributed by atoms with Gasteiger partial charge in [-0.15, -0.1) is 0 Å². The molecule has 4 rings (SSSR count). The lowest BCUT2D eigenvalue weighted by Gasteiger charge is -2.32. The molecule has 2 aliphatic heterocycles. The number of alkyl halides is 3. The highest BCUT2D eigenvalue weighted by molar-refractivity contribution is 5.96. The molecule has 2 saturated heterocycles. The molecule has 2 fully saturated rings. The van der Waals surface area contributed by atoms with Gasteiger partial charge < -0.3 is 19.5 Å². The molecule has 3 atom stereocenters. The minimum absolute atomic E-state index is 0.0843. The third-order valence-electron chi connectivity index (χ3n) is 5.59. The molecule has 0 bridgehead atoms. The predicted octanol–water partition coefficient (Wildman–Crippen LogP) is 3.75. The first-order valence-corrected chi connectivity index (χ1v) is 10.6. The molecule has 0 unspecified atom stereocenters. The van der Waals surface area contributed by atoms with Crippen molar-refractivity contribution in [1.82, 2.24) is 9.88 Å². The van der Waals surface area contributed by atoms with Gasteiger partial charge in [-0.05, 0) is 43.5 Å². The molecular weight excluding hydrogens is 460 g/mol. The summed E-state index contributed by atoms with van der Waals surface area (Å²) in [5.41, 5.74) is 1.62. The number of carboxylic acid groups (broad SMARTS) is 1. The van der Waals surface area contributed by atoms with Gasteiger partial charge in [-0.3, -0.25) is 9.78 Å². The van der Waals surface area contributed by atoms with Crippen LogP contribution < -0.4 is 0 Å². The topological polar surface area (TPSA) is 89.0 Å². The number of nitrogens with zero attached hydrogens (tertiary/aromatic N) is 2. The first-order chi connectivity index (χ1) is 16.1. The highest BCUT2D eigenvalue weighted by Crippen LogP contribution is 2.33. The normalized spacial score (nSPS) is 21.9. The highest BCUT2D eigenvalue weighted by Gasteiger charge is 2.47. The first kappa shape index (κ1) is 25.6. The van der Waals surface area contributed by atoms with Gasteiger partial charge in [0.25, 0.3) is 5.91 Å². The van der Waals surface area contributed by atoms with Crippen LogP contribution in [0.1, 0.15) is 34.5 Å². The van der Waals surface area contributed by atoms with E-state index in [0.29, 0.717) is 25.3 Å². The fourth-order valence-electron chi connectivity index (χ4n) is 4.01. The van der Waals surface area contributed by atoms with Crippen molar-refractivity contribution >= 4 is 11.9 Å². The molecule has 2 aliphatic rings. The quantitative estimate of drug-likeness (QED) is 0.665. The predicted molar refractivity (Wildman–Crippen MR) is 111 cm³/mol. The molecule has 0 aliphatic carbocycles. The van der Waals surface area contributed by atoms with Crippen molar-refractivity contribution in [3.05, 3.63) is 65.2 Å². The second-order valence-electron chi connectivity index (χ2n) is 7.91. The summed E-state index contributed by atoms with van der Waals surface area (Å²) in [6, 6.07) is 10.3. The van der Waals surface area contributed by atoms with Crippen LogP contribution in [0.4, 0.5) is 17.6 Å². The SMILES string of the molecule is Cc1cccc(F)c1C(=O)N1C[C@H](OCc2ccccn2)[C@H]2OCCC[C@H]21.O=C(O)C(F)(F)F. The maximum Gasteiger partial charge on any atom is 0.490 e. The molecule has 34 heavy (non-hydrogen) atoms. The average molecular weight is 484 g/mol. The van der Waals surface area contributed by atoms with Gasteiger partial charge in [0.2, 0.25) is 0 Å². The molecule has 1 N–H and O–H groups in total. The Hall–Kier alpha value is -3.05. The Kier molecular flexibility index (Phi) is 8.21. The molecule has 1 aromatic heterocycles. The summed E-state index contributed by atoms with van der Waals surface area (Å²) in [5.74, 6) is -3.52. The van der Waals surface area contributed by atoms with E-state index in [1.165, 1.54) is 6.07 Å². The molecule has 2 aromatic rings. The lowest BCUT2D eigenvalue weighted by atomic mass is 10.0. The van der Waals surface area contributed by atoms with E-state index < -0.39 is 18.0 Å². The van der Waals surface area contributed by atoms with Crippen molar-refractivity contribution in [2.24, 2.45) is 0 Å². The van der Waals surface area contributed by atoms with E-state index in [9.17, 15) is 22.4 Å². The standard InChI is InChI=1S/C21H23FN2O3.C2HF3O2/c1-14-6-4-8-16(22)19(14)21(25)24-12-18(20-17(24)9-5-11-26-20)27-13-15-7-2-3-10-23-15;3-2(4,5)1(6)7/h2-4,6-8,10,17-18,20H,5,9,11-13H2,1H3;(H,6,7)/t17-,18+,20+;/m1./s1. The van der Waals surface area contributed by atoms with Crippen molar-refractivity contribution in [1.29, 1.82) is 0 Å². The monoisotopic (exact) mass is 484 g/mol. The van der Waals surface area contributed by atoms with Gasteiger partial charge in [0.1, 0.15) is 18.0 Å². The molecule has 1 aromatic carbocycles. The summed E-state index contributed by atoms with van der Waals surface area (Å²) in [7, 11) is 0. The second-order valence-corrected chi connectivity index (χ2v) is 7.91. The number of rotatable bonds is 4. The maximum absolute atomic E-state index is 14.3. The van der Waals surface area contributed by atoms with Crippen molar-refractivity contribution in [3.8, 4) is 0 Å². The fourth-order valence-corrected chi connectivity index (χ4v) is 4.01. The Bertz CT molecular complexity index is 982. The number of amides is 1. The number of aryl methyl sites for hydroxylation is 1. The Morgan fingerprint density at radius 2 is 1.97 bits per heavy atom. The number of aromatic nitrogens is 1. The molecule has 7 nitrogen and oxygen atoms in total. The molecule has 0 radical (unpaired) electrons. The molecule has 0 spiro atoms. The summed E-state index contributed by atoms with van der Waals surface area (Å²) >= 11 is 0. The molecule has 1 amide bonds. The number of benzene rings is 1. The van der Waals surface area contributed by atoms with Gasteiger partial charge in [0, 0.05) is 12.8 Å². The van der Waals surface area contributed by atoms with E-state index in [1.54, 1.807) is 30.2 Å². The minimum Gasteiger partial charge on any atom is -0.475 e. The van der Waals surface area contributed by atoms with Crippen LogP contribution in [0, 0.1) is 12.7 Å². The van der Waals surface area contributed by atoms with Crippen LogP contribution in [0.15, 0.2) is 42.6 Å². The van der Waals surface area contributed by atoms with E-state index in [0.717, 1.165) is 18.5 Å². The largest absolute Gasteiger partial charge is 0.490 e. The third kappa shape index (κ3) is 6.09. The van der Waals surface area contributed by atoms with Crippen LogP contribution in [0.5, 0.6) is 0 Å². The lowest BCUT2D eigenvalue weighted by molar-refractivity contribution is -0.192. The molecule has 0 saturated carbocycles. The lowest BCUT2D eigenvalue weighted by Crippen LogP contribution is -2.44. The molecular formula is C23H24F4N2O5. The number of hydrogen-bond donors (Lipinski definition) is 1. The van der Waals surface area contributed by atoms with E-state index in [1.807, 2.05) is 18.2 Å². The van der Waals surface area contributed by atoms with Crippen LogP contribution in [0.3, 0.4) is 0 Å². The number of fused-ring (bicyclic) bond motifs is 1. The zero-order valence-electron chi connectivity index (χ0n) is 18.3. The number of carbonyl (C=O) groups excluding carboxylic acids is 1. The van der Waals surface area contributed by atoms with Gasteiger partial charge in [0.05, 0.1) is 30.5 Å². The number of carbonyl (C=O) groups is 2. The van der Waals surface area contributed by atoms with Crippen molar-refractivity contribution in [3.63, 3.8) is 0 Å². The van der Waals surface area contributed by atoms with Gasteiger partial charge >= 0.3 is 12.1 Å². The van der Waals surface area contributed by atoms with Crippen molar-refractivity contribution < 1.29 is 41.7 Å². The summed E-state index contributed by atoms with van der Waals surface area (Å²) in [6.07, 6.45) is -2.06. The van der Waals surface area contributed by atoms with Gasteiger partial charge in [-0.2, -0.15) is 13.2 Å². The molecule has 184 valence electrons. The third-order valence-corrected chi connectivity index (χ3v) is 5.59. The van der Waals surface area contributed by atoms with Gasteiger partial charge in [-0.25, -0.2) is 9.18 Å². The summed E-state index contributed by atoms with van der Waals surface area (Å²) in [6.45, 7) is 3.18. The molecule has 11 heteroatoms. The number of ether oxygens (including phenoxy) is 2. The Balaban J connectivity index is 0.000000406. The highest BCUT2D eigenvalue weighted by atomic mass is 19.4. The smallest absolute Gasteiger partial charge is 0.475 e. The van der Waals surface area contributed by atoms with Gasteiger partial charge in [-0.1, -0.05) is 18.2 Å². The number of halogens is 4. The van der Waals surface area contributed by atoms with Crippen molar-refractivity contribution in [2.45, 2.75) is 50.8 Å². The van der Waals surface area contributed by atoms with Crippen LogP contribution >= 0.6 is 0 Å². The Labute approximate surface area is 193 Å². The summed E-state index contributed by atoms with van der Waals surface area (Å²) in [4.78, 5) is 28.0. The van der Waals surface area contributed by atoms with Crippen LogP contribution in [0.25, 0.3) is 0 Å². The number of aliphatic carboxylic acids is 1. The number of carboxylic acids is 1. The second kappa shape index (κ2) is 10.9. The molecule has 3 heterocycles. The van der Waals surface area contributed by atoms with Crippen LogP contribution in [-0.2, 0) is 20.9 Å². The summed E-state index contributed by atoms with van der Waals surface area (Å²) in [5, 5.41) is 7.12. The van der Waals surface area contributed by atoms with E-state index >= 15 is 0 Å². The van der Waals surface area contributed by atoms with Crippen molar-refractivity contribution in [2.75, 3.05) is 13.2 Å². The summed E-state index contributed by atoms with van der Waals surface area (Å²) < 4.78 is 58.1. The maximum atomic E-state index is 14.3. The minimum atomic E-state index is -5.08. The fraction of sp³-hybridized carbons (Fsp3) is 0.435. The number of pyridine rings is 1. The van der Waals surface area contributed by atoms with Crippen LogP contribution in [0.2, 0.25) is 0 Å². The average Bonchev–Trinajstić information content (AvgIpc) is 3.17. The Morgan fingerprint density at radius 1 is 1.24 bits per heavy atom. The zero-order valence-corrected chi connectivity index (χ0v) is 18.3. The van der Waals surface area contributed by atoms with E-state index in [4.69, 9.17) is 19.4 Å². The van der Waals surface area contributed by atoms with E-state index in [2.05, 4.69) is 4.98 Å². The first-order valence-electron chi connectivity index (χ1n) is 10.6. The van der Waals surface area contributed by atoms with Crippen LogP contribution in [-0.4, -0.2) is 64.4 Å².